The first-order chi connectivity index (χ1) is 5.54. The van der Waals surface area contributed by atoms with Crippen LogP contribution in [0.2, 0.25) is 0 Å². The van der Waals surface area contributed by atoms with Gasteiger partial charge in [-0.15, -0.1) is 28.7 Å². The number of benzene rings is 1. The van der Waals surface area contributed by atoms with Crippen LogP contribution in [0, 0.1) is 15.5 Å². The average Bonchev–Trinajstić information content (AvgIpc) is 1.94. The van der Waals surface area contributed by atoms with Gasteiger partial charge in [-0.2, -0.15) is 18.2 Å². The van der Waals surface area contributed by atoms with Gasteiger partial charge in [0.1, 0.15) is 0 Å². The van der Waals surface area contributed by atoms with Crippen molar-refractivity contribution in [1.29, 1.82) is 0 Å². The third-order valence-electron chi connectivity index (χ3n) is 0.759. The quantitative estimate of drug-likeness (QED) is 0.274. The maximum atomic E-state index is 12.3. The molecule has 0 heterocycles. The minimum absolute atomic E-state index is 0. The molecule has 0 spiro atoms. The van der Waals surface area contributed by atoms with Crippen LogP contribution < -0.4 is 51.4 Å². The van der Waals surface area contributed by atoms with E-state index in [1.807, 2.05) is 22.6 Å². The summed E-state index contributed by atoms with van der Waals surface area (Å²) in [5.41, 5.74) is 0. The molecule has 0 fully saturated rings. The van der Waals surface area contributed by atoms with Gasteiger partial charge in [0.25, 0.3) is 0 Å². The summed E-state index contributed by atoms with van der Waals surface area (Å²) in [5, 5.41) is 21.5. The van der Waals surface area contributed by atoms with Crippen molar-refractivity contribution >= 4 is 29.9 Å². The predicted octanol–water partition coefficient (Wildman–Crippen LogP) is -2.82. The number of hydrogen-bond acceptors (Lipinski definition) is 3. The standard InChI is InChI=1S/C6H3FI.BH3O3.K/c7-5-3-1-2-4-6(5)8;2-1(3)4;/h1-2,4H;2-4H;/q-1;;+1. The van der Waals surface area contributed by atoms with Crippen molar-refractivity contribution in [3.8, 4) is 0 Å². The first-order valence-corrected chi connectivity index (χ1v) is 3.98. The van der Waals surface area contributed by atoms with Crippen LogP contribution in [0.5, 0.6) is 0 Å². The fourth-order valence-electron chi connectivity index (χ4n) is 0.396. The van der Waals surface area contributed by atoms with Crippen LogP contribution in [0.1, 0.15) is 0 Å². The summed E-state index contributed by atoms with van der Waals surface area (Å²) in [6.45, 7) is 0. The topological polar surface area (TPSA) is 60.7 Å². The average molecular weight is 322 g/mol. The molecule has 3 N–H and O–H groups in total. The monoisotopic (exact) mass is 322 g/mol. The van der Waals surface area contributed by atoms with E-state index < -0.39 is 7.32 Å². The summed E-state index contributed by atoms with van der Waals surface area (Å²) in [7, 11) is -2.17. The van der Waals surface area contributed by atoms with Crippen LogP contribution in [0.25, 0.3) is 0 Å². The first kappa shape index (κ1) is 16.9. The second-order valence-electron chi connectivity index (χ2n) is 1.68. The summed E-state index contributed by atoms with van der Waals surface area (Å²) in [6, 6.07) is 7.43. The van der Waals surface area contributed by atoms with Gasteiger partial charge in [-0.05, 0) is 0 Å². The third kappa shape index (κ3) is 11.4. The van der Waals surface area contributed by atoms with Gasteiger partial charge < -0.3 is 15.1 Å². The molecule has 66 valence electrons. The van der Waals surface area contributed by atoms with Gasteiger partial charge in [0.05, 0.1) is 0 Å². The van der Waals surface area contributed by atoms with Gasteiger partial charge in [-0.25, -0.2) is 4.39 Å². The minimum Gasteiger partial charge on any atom is -0.402 e. The van der Waals surface area contributed by atoms with E-state index in [1.165, 1.54) is 0 Å². The number of halogens is 2. The Labute approximate surface area is 132 Å². The van der Waals surface area contributed by atoms with E-state index in [0.717, 1.165) is 0 Å². The molecule has 0 aliphatic heterocycles. The van der Waals surface area contributed by atoms with Gasteiger partial charge >= 0.3 is 58.7 Å². The molecule has 0 amide bonds. The van der Waals surface area contributed by atoms with Crippen LogP contribution in [-0.4, -0.2) is 22.4 Å². The Morgan fingerprint density at radius 1 is 1.38 bits per heavy atom. The van der Waals surface area contributed by atoms with Crippen LogP contribution in [0.4, 0.5) is 4.39 Å². The van der Waals surface area contributed by atoms with E-state index in [0.29, 0.717) is 3.57 Å². The molecule has 0 unspecified atom stereocenters. The van der Waals surface area contributed by atoms with Gasteiger partial charge in [-0.3, -0.25) is 0 Å². The molecule has 1 rings (SSSR count). The van der Waals surface area contributed by atoms with Crippen molar-refractivity contribution in [2.45, 2.75) is 0 Å². The Kier molecular flexibility index (Phi) is 13.0. The summed E-state index contributed by atoms with van der Waals surface area (Å²) in [5.74, 6) is -0.270. The molecule has 7 heteroatoms. The van der Waals surface area contributed by atoms with Crippen LogP contribution in [-0.2, 0) is 0 Å². The zero-order chi connectivity index (χ0) is 9.56. The molecule has 3 nitrogen and oxygen atoms in total. The summed E-state index contributed by atoms with van der Waals surface area (Å²) >= 11 is 1.92. The first-order valence-electron chi connectivity index (χ1n) is 2.90. The molecule has 0 bridgehead atoms. The summed E-state index contributed by atoms with van der Waals surface area (Å²) in [6.07, 6.45) is 0. The normalized spacial score (nSPS) is 7.77. The molecule has 13 heavy (non-hydrogen) atoms. The number of rotatable bonds is 0. The van der Waals surface area contributed by atoms with Gasteiger partial charge in [0, 0.05) is 5.82 Å². The molecule has 0 radical (unpaired) electrons. The fourth-order valence-corrected chi connectivity index (χ4v) is 0.759. The predicted molar refractivity (Wildman–Crippen MR) is 50.4 cm³/mol. The zero-order valence-electron chi connectivity index (χ0n) is 6.91. The molecular weight excluding hydrogens is 316 g/mol. The van der Waals surface area contributed by atoms with E-state index in [-0.39, 0.29) is 57.2 Å². The Balaban J connectivity index is 0. The van der Waals surface area contributed by atoms with Crippen molar-refractivity contribution in [2.75, 3.05) is 0 Å². The molecular formula is C6H6BFIKO3. The molecule has 0 saturated carbocycles. The van der Waals surface area contributed by atoms with Crippen molar-refractivity contribution in [1.82, 2.24) is 0 Å². The molecule has 0 aromatic heterocycles. The Morgan fingerprint density at radius 3 is 2.08 bits per heavy atom. The van der Waals surface area contributed by atoms with Crippen LogP contribution in [0.3, 0.4) is 0 Å². The van der Waals surface area contributed by atoms with E-state index in [2.05, 4.69) is 6.07 Å². The van der Waals surface area contributed by atoms with Crippen molar-refractivity contribution in [3.63, 3.8) is 0 Å². The van der Waals surface area contributed by atoms with E-state index in [9.17, 15) is 4.39 Å². The van der Waals surface area contributed by atoms with Gasteiger partial charge in [0.2, 0.25) is 0 Å². The van der Waals surface area contributed by atoms with Gasteiger partial charge in [-0.1, -0.05) is 3.57 Å². The minimum atomic E-state index is -2.17. The third-order valence-corrected chi connectivity index (χ3v) is 1.59. The largest absolute Gasteiger partial charge is 1.00 e. The van der Waals surface area contributed by atoms with Crippen molar-refractivity contribution in [3.05, 3.63) is 33.7 Å². The second kappa shape index (κ2) is 10.00. The molecule has 0 saturated heterocycles. The summed E-state index contributed by atoms with van der Waals surface area (Å²) in [4.78, 5) is 0. The van der Waals surface area contributed by atoms with E-state index >= 15 is 0 Å². The smallest absolute Gasteiger partial charge is 0.402 e. The fraction of sp³-hybridized carbons (Fsp3) is 0. The number of hydrogen-bond donors (Lipinski definition) is 3. The van der Waals surface area contributed by atoms with Crippen LogP contribution >= 0.6 is 22.6 Å². The Bertz CT molecular complexity index is 215. The second-order valence-corrected chi connectivity index (χ2v) is 2.84. The van der Waals surface area contributed by atoms with Crippen molar-refractivity contribution < 1.29 is 70.8 Å². The molecule has 0 aliphatic rings. The molecule has 1 aromatic carbocycles. The Hall–Kier alpha value is 1.46. The van der Waals surface area contributed by atoms with Gasteiger partial charge in [0.15, 0.2) is 0 Å². The zero-order valence-corrected chi connectivity index (χ0v) is 12.2. The Morgan fingerprint density at radius 2 is 1.85 bits per heavy atom. The maximum Gasteiger partial charge on any atom is 1.00 e. The summed E-state index contributed by atoms with van der Waals surface area (Å²) < 4.78 is 12.9. The molecule has 0 aliphatic carbocycles. The van der Waals surface area contributed by atoms with E-state index in [1.54, 1.807) is 18.2 Å². The van der Waals surface area contributed by atoms with E-state index in [4.69, 9.17) is 15.1 Å². The molecule has 0 atom stereocenters. The SMILES string of the molecule is Fc1[c-]cccc1I.OB(O)O.[K+]. The molecule has 1 aromatic rings. The maximum absolute atomic E-state index is 12.3. The van der Waals surface area contributed by atoms with Crippen molar-refractivity contribution in [2.24, 2.45) is 0 Å². The van der Waals surface area contributed by atoms with Crippen LogP contribution in [0.15, 0.2) is 18.2 Å².